The molecule has 0 aromatic carbocycles. The highest BCUT2D eigenvalue weighted by atomic mass is 19.3. The first-order valence-electron chi connectivity index (χ1n) is 6.95. The average molecular weight is 338 g/mol. The van der Waals surface area contributed by atoms with Crippen molar-refractivity contribution in [3.05, 3.63) is 29.1 Å². The minimum absolute atomic E-state index is 0.0117. The van der Waals surface area contributed by atoms with Crippen LogP contribution in [-0.2, 0) is 4.74 Å². The van der Waals surface area contributed by atoms with Gasteiger partial charge in [-0.3, -0.25) is 9.88 Å². The number of carbonyl (C=O) groups is 1. The summed E-state index contributed by atoms with van der Waals surface area (Å²) in [5.74, 6) is -3.94. The molecular weight excluding hydrogens is 323 g/mol. The van der Waals surface area contributed by atoms with E-state index in [4.69, 9.17) is 0 Å². The van der Waals surface area contributed by atoms with Crippen LogP contribution in [0.4, 0.5) is 22.0 Å². The Labute approximate surface area is 129 Å². The summed E-state index contributed by atoms with van der Waals surface area (Å²) < 4.78 is 70.1. The number of likely N-dealkylation sites (tertiary alicyclic amines) is 1. The van der Waals surface area contributed by atoms with Crippen LogP contribution in [0.2, 0.25) is 0 Å². The van der Waals surface area contributed by atoms with Crippen molar-refractivity contribution in [3.63, 3.8) is 0 Å². The van der Waals surface area contributed by atoms with Crippen LogP contribution in [-0.4, -0.2) is 48.8 Å². The molecule has 0 bridgehead atoms. The molecule has 4 nitrogen and oxygen atoms in total. The number of alkyl halides is 3. The van der Waals surface area contributed by atoms with E-state index in [1.165, 1.54) is 0 Å². The average Bonchev–Trinajstić information content (AvgIpc) is 2.54. The molecule has 9 heteroatoms. The first-order chi connectivity index (χ1) is 10.9. The van der Waals surface area contributed by atoms with Gasteiger partial charge in [0.15, 0.2) is 11.6 Å². The van der Waals surface area contributed by atoms with Gasteiger partial charge in [-0.2, -0.15) is 0 Å². The SMILES string of the molecule is COC(=O)c1c(F)cnc(C2CCN(C(F)C(F)F)CC2)c1F. The quantitative estimate of drug-likeness (QED) is 0.481. The van der Waals surface area contributed by atoms with Crippen LogP contribution in [0.5, 0.6) is 0 Å². The molecule has 0 radical (unpaired) electrons. The Balaban J connectivity index is 2.17. The van der Waals surface area contributed by atoms with Gasteiger partial charge in [0.05, 0.1) is 19.0 Å². The normalized spacial score (nSPS) is 18.2. The third kappa shape index (κ3) is 3.60. The van der Waals surface area contributed by atoms with E-state index in [0.29, 0.717) is 6.20 Å². The lowest BCUT2D eigenvalue weighted by atomic mass is 9.91. The maximum Gasteiger partial charge on any atom is 0.344 e. The number of hydrogen-bond acceptors (Lipinski definition) is 4. The molecule has 0 aliphatic carbocycles. The van der Waals surface area contributed by atoms with E-state index in [-0.39, 0.29) is 31.6 Å². The van der Waals surface area contributed by atoms with Gasteiger partial charge < -0.3 is 4.74 Å². The summed E-state index contributed by atoms with van der Waals surface area (Å²) in [7, 11) is 0.992. The van der Waals surface area contributed by atoms with Crippen LogP contribution in [0.3, 0.4) is 0 Å². The summed E-state index contributed by atoms with van der Waals surface area (Å²) in [5.41, 5.74) is -0.977. The Hall–Kier alpha value is -1.77. The van der Waals surface area contributed by atoms with E-state index in [1.807, 2.05) is 0 Å². The second-order valence-electron chi connectivity index (χ2n) is 5.19. The third-order valence-corrected chi connectivity index (χ3v) is 3.86. The molecule has 2 heterocycles. The van der Waals surface area contributed by atoms with Gasteiger partial charge in [0.1, 0.15) is 5.56 Å². The van der Waals surface area contributed by atoms with Crippen molar-refractivity contribution in [1.82, 2.24) is 9.88 Å². The molecule has 1 aliphatic heterocycles. The molecule has 1 fully saturated rings. The van der Waals surface area contributed by atoms with Crippen molar-refractivity contribution in [2.45, 2.75) is 31.5 Å². The topological polar surface area (TPSA) is 42.4 Å². The largest absolute Gasteiger partial charge is 0.465 e. The highest BCUT2D eigenvalue weighted by molar-refractivity contribution is 5.90. The Morgan fingerprint density at radius 3 is 2.43 bits per heavy atom. The van der Waals surface area contributed by atoms with Gasteiger partial charge in [-0.05, 0) is 12.8 Å². The van der Waals surface area contributed by atoms with Crippen LogP contribution in [0.1, 0.15) is 34.8 Å². The highest BCUT2D eigenvalue weighted by Crippen LogP contribution is 2.31. The molecule has 0 N–H and O–H groups in total. The van der Waals surface area contributed by atoms with E-state index < -0.39 is 41.8 Å². The summed E-state index contributed by atoms with van der Waals surface area (Å²) in [6.07, 6.45) is -4.42. The molecule has 1 aromatic rings. The Kier molecular flexibility index (Phi) is 5.51. The zero-order chi connectivity index (χ0) is 17.1. The molecule has 128 valence electrons. The highest BCUT2D eigenvalue weighted by Gasteiger charge is 2.33. The summed E-state index contributed by atoms with van der Waals surface area (Å²) in [6, 6.07) is 0. The fourth-order valence-electron chi connectivity index (χ4n) is 2.63. The van der Waals surface area contributed by atoms with E-state index >= 15 is 0 Å². The third-order valence-electron chi connectivity index (χ3n) is 3.86. The first kappa shape index (κ1) is 17.6. The zero-order valence-corrected chi connectivity index (χ0v) is 12.2. The summed E-state index contributed by atoms with van der Waals surface area (Å²) in [4.78, 5) is 16.1. The van der Waals surface area contributed by atoms with Crippen LogP contribution in [0.15, 0.2) is 6.20 Å². The Bertz CT molecular complexity index is 577. The molecule has 1 unspecified atom stereocenters. The van der Waals surface area contributed by atoms with E-state index in [1.54, 1.807) is 0 Å². The smallest absolute Gasteiger partial charge is 0.344 e. The summed E-state index contributed by atoms with van der Waals surface area (Å²) in [5, 5.41) is 0. The van der Waals surface area contributed by atoms with Crippen LogP contribution in [0.25, 0.3) is 0 Å². The van der Waals surface area contributed by atoms with E-state index in [0.717, 1.165) is 12.0 Å². The minimum atomic E-state index is -3.11. The maximum atomic E-state index is 14.3. The molecule has 23 heavy (non-hydrogen) atoms. The van der Waals surface area contributed by atoms with Gasteiger partial charge in [0, 0.05) is 19.0 Å². The fourth-order valence-corrected chi connectivity index (χ4v) is 2.63. The predicted octanol–water partition coefficient (Wildman–Crippen LogP) is 2.89. The lowest BCUT2D eigenvalue weighted by molar-refractivity contribution is -0.0577. The van der Waals surface area contributed by atoms with Crippen molar-refractivity contribution < 1.29 is 31.5 Å². The Morgan fingerprint density at radius 2 is 1.91 bits per heavy atom. The number of ether oxygens (including phenoxy) is 1. The Morgan fingerprint density at radius 1 is 1.30 bits per heavy atom. The molecule has 1 saturated heterocycles. The number of piperidine rings is 1. The van der Waals surface area contributed by atoms with Gasteiger partial charge in [-0.15, -0.1) is 0 Å². The van der Waals surface area contributed by atoms with E-state index in [9.17, 15) is 26.7 Å². The summed E-state index contributed by atoms with van der Waals surface area (Å²) >= 11 is 0. The van der Waals surface area contributed by atoms with Gasteiger partial charge >= 0.3 is 5.97 Å². The van der Waals surface area contributed by atoms with Gasteiger partial charge in [0.2, 0.25) is 6.30 Å². The number of aromatic nitrogens is 1. The molecule has 1 aromatic heterocycles. The van der Waals surface area contributed by atoms with Crippen LogP contribution in [0, 0.1) is 11.6 Å². The molecule has 1 atom stereocenters. The van der Waals surface area contributed by atoms with Crippen molar-refractivity contribution in [2.75, 3.05) is 20.2 Å². The lowest BCUT2D eigenvalue weighted by Crippen LogP contribution is -2.42. The molecular formula is C14H15F5N2O2. The molecule has 0 amide bonds. The van der Waals surface area contributed by atoms with Crippen molar-refractivity contribution in [1.29, 1.82) is 0 Å². The minimum Gasteiger partial charge on any atom is -0.465 e. The van der Waals surface area contributed by atoms with Crippen LogP contribution < -0.4 is 0 Å². The number of pyridine rings is 1. The number of rotatable bonds is 4. The molecule has 1 aliphatic rings. The molecule has 2 rings (SSSR count). The predicted molar refractivity (Wildman–Crippen MR) is 69.9 cm³/mol. The first-order valence-corrected chi connectivity index (χ1v) is 6.95. The molecule has 0 spiro atoms. The monoisotopic (exact) mass is 338 g/mol. The van der Waals surface area contributed by atoms with Gasteiger partial charge in [0.25, 0.3) is 6.43 Å². The number of halogens is 5. The summed E-state index contributed by atoms with van der Waals surface area (Å²) in [6.45, 7) is -0.0234. The number of carbonyl (C=O) groups excluding carboxylic acids is 1. The van der Waals surface area contributed by atoms with Crippen molar-refractivity contribution >= 4 is 5.97 Å². The van der Waals surface area contributed by atoms with Crippen LogP contribution >= 0.6 is 0 Å². The number of nitrogens with zero attached hydrogens (tertiary/aromatic N) is 2. The van der Waals surface area contributed by atoms with Crippen molar-refractivity contribution in [2.24, 2.45) is 0 Å². The number of hydrogen-bond donors (Lipinski definition) is 0. The van der Waals surface area contributed by atoms with Gasteiger partial charge in [-0.1, -0.05) is 0 Å². The van der Waals surface area contributed by atoms with Crippen molar-refractivity contribution in [3.8, 4) is 0 Å². The molecule has 0 saturated carbocycles. The van der Waals surface area contributed by atoms with Gasteiger partial charge in [-0.25, -0.2) is 26.7 Å². The lowest BCUT2D eigenvalue weighted by Gasteiger charge is -2.33. The number of methoxy groups -OCH3 is 1. The standard InChI is InChI=1S/C14H15F5N2O2/c1-23-14(22)9-8(15)6-20-11(10(9)16)7-2-4-21(5-3-7)13(19)12(17)18/h6-7,12-13H,2-5H2,1H3. The second-order valence-corrected chi connectivity index (χ2v) is 5.19. The number of esters is 1. The fraction of sp³-hybridized carbons (Fsp3) is 0.571. The zero-order valence-electron chi connectivity index (χ0n) is 12.2. The second kappa shape index (κ2) is 7.20. The maximum absolute atomic E-state index is 14.3. The van der Waals surface area contributed by atoms with E-state index in [2.05, 4.69) is 9.72 Å².